The number of rotatable bonds is 9. The molecule has 0 amide bonds. The summed E-state index contributed by atoms with van der Waals surface area (Å²) >= 11 is 0. The largest absolute Gasteiger partial charge is 0.374 e. The Kier molecular flexibility index (Phi) is 8.04. The van der Waals surface area contributed by atoms with Crippen LogP contribution in [0.3, 0.4) is 0 Å². The lowest BCUT2D eigenvalue weighted by atomic mass is 10.1. The molecule has 29 heavy (non-hydrogen) atoms. The molecule has 1 fully saturated rings. The molecule has 0 radical (unpaired) electrons. The van der Waals surface area contributed by atoms with Gasteiger partial charge in [-0.05, 0) is 38.7 Å². The van der Waals surface area contributed by atoms with E-state index in [2.05, 4.69) is 39.9 Å². The molecule has 3 rings (SSSR count). The van der Waals surface area contributed by atoms with Crippen molar-refractivity contribution >= 4 is 5.96 Å². The van der Waals surface area contributed by atoms with Gasteiger partial charge in [0.2, 0.25) is 0 Å². The molecule has 1 aliphatic rings. The van der Waals surface area contributed by atoms with Gasteiger partial charge >= 0.3 is 0 Å². The Hall–Kier alpha value is -2.41. The number of benzene rings is 1. The number of hydrogen-bond donors (Lipinski definition) is 2. The minimum Gasteiger partial charge on any atom is -0.374 e. The molecule has 0 saturated heterocycles. The van der Waals surface area contributed by atoms with E-state index < -0.39 is 0 Å². The molecule has 2 N–H and O–H groups in total. The van der Waals surface area contributed by atoms with Crippen molar-refractivity contribution in [3.8, 4) is 0 Å². The van der Waals surface area contributed by atoms with Crippen LogP contribution in [0.1, 0.15) is 62.3 Å². The van der Waals surface area contributed by atoms with Crippen LogP contribution in [0.25, 0.3) is 0 Å². The zero-order valence-corrected chi connectivity index (χ0v) is 17.9. The summed E-state index contributed by atoms with van der Waals surface area (Å²) in [4.78, 5) is 4.74. The standard InChI is InChI=1S/C22H34N6O/c1-17(19-10-5-4-6-11-19)29-15-9-14-23-22(25-20-12-7-8-13-20)24-16-21-27-26-18(2)28(21)3/h4-6,10-11,17,20H,7-9,12-16H2,1-3H3,(H2,23,24,25). The third-order valence-corrected chi connectivity index (χ3v) is 5.51. The Morgan fingerprint density at radius 1 is 1.24 bits per heavy atom. The van der Waals surface area contributed by atoms with Crippen molar-refractivity contribution in [2.24, 2.45) is 12.0 Å². The second kappa shape index (κ2) is 11.0. The average Bonchev–Trinajstić information content (AvgIpc) is 3.36. The normalized spacial score (nSPS) is 16.2. The highest BCUT2D eigenvalue weighted by Crippen LogP contribution is 2.17. The van der Waals surface area contributed by atoms with Crippen LogP contribution in [-0.4, -0.2) is 39.9 Å². The summed E-state index contributed by atoms with van der Waals surface area (Å²) in [7, 11) is 1.98. The van der Waals surface area contributed by atoms with E-state index in [1.54, 1.807) is 0 Å². The molecule has 0 bridgehead atoms. The number of aromatic nitrogens is 3. The number of nitrogens with zero attached hydrogens (tertiary/aromatic N) is 4. The zero-order valence-electron chi connectivity index (χ0n) is 17.9. The highest BCUT2D eigenvalue weighted by atomic mass is 16.5. The lowest BCUT2D eigenvalue weighted by Crippen LogP contribution is -2.43. The molecule has 1 atom stereocenters. The summed E-state index contributed by atoms with van der Waals surface area (Å²) < 4.78 is 7.95. The molecule has 1 aliphatic carbocycles. The van der Waals surface area contributed by atoms with Gasteiger partial charge in [0.1, 0.15) is 12.4 Å². The maximum absolute atomic E-state index is 5.97. The van der Waals surface area contributed by atoms with E-state index in [1.165, 1.54) is 31.2 Å². The summed E-state index contributed by atoms with van der Waals surface area (Å²) in [6.07, 6.45) is 6.03. The van der Waals surface area contributed by atoms with E-state index in [0.29, 0.717) is 19.2 Å². The fourth-order valence-electron chi connectivity index (χ4n) is 3.51. The highest BCUT2D eigenvalue weighted by Gasteiger charge is 2.16. The predicted octanol–water partition coefficient (Wildman–Crippen LogP) is 3.27. The van der Waals surface area contributed by atoms with Crippen molar-refractivity contribution in [1.29, 1.82) is 0 Å². The molecule has 7 nitrogen and oxygen atoms in total. The predicted molar refractivity (Wildman–Crippen MR) is 116 cm³/mol. The SMILES string of the molecule is Cc1nnc(CN=C(NCCCOC(C)c2ccccc2)NC2CCCC2)n1C. The van der Waals surface area contributed by atoms with Gasteiger partial charge in [-0.3, -0.25) is 0 Å². The third kappa shape index (κ3) is 6.56. The Bertz CT molecular complexity index is 767. The van der Waals surface area contributed by atoms with Gasteiger partial charge in [0, 0.05) is 26.2 Å². The fraction of sp³-hybridized carbons (Fsp3) is 0.591. The van der Waals surface area contributed by atoms with Crippen LogP contribution in [0, 0.1) is 6.92 Å². The van der Waals surface area contributed by atoms with Crippen molar-refractivity contribution in [1.82, 2.24) is 25.4 Å². The lowest BCUT2D eigenvalue weighted by Gasteiger charge is -2.18. The first-order chi connectivity index (χ1) is 14.1. The Morgan fingerprint density at radius 3 is 2.69 bits per heavy atom. The second-order valence-corrected chi connectivity index (χ2v) is 7.72. The van der Waals surface area contributed by atoms with Crippen LogP contribution < -0.4 is 10.6 Å². The van der Waals surface area contributed by atoms with E-state index in [-0.39, 0.29) is 6.10 Å². The molecule has 0 spiro atoms. The van der Waals surface area contributed by atoms with Crippen molar-refractivity contribution in [2.75, 3.05) is 13.2 Å². The van der Waals surface area contributed by atoms with E-state index in [1.807, 2.05) is 36.7 Å². The molecule has 2 aromatic rings. The third-order valence-electron chi connectivity index (χ3n) is 5.51. The van der Waals surface area contributed by atoms with E-state index in [0.717, 1.165) is 30.6 Å². The molecule has 1 aromatic heterocycles. The van der Waals surface area contributed by atoms with Gasteiger partial charge in [-0.2, -0.15) is 0 Å². The topological polar surface area (TPSA) is 76.4 Å². The maximum atomic E-state index is 5.97. The molecule has 1 unspecified atom stereocenters. The summed E-state index contributed by atoms with van der Waals surface area (Å²) in [5, 5.41) is 15.4. The van der Waals surface area contributed by atoms with Gasteiger partial charge in [-0.15, -0.1) is 10.2 Å². The quantitative estimate of drug-likeness (QED) is 0.385. The first-order valence-corrected chi connectivity index (χ1v) is 10.7. The van der Waals surface area contributed by atoms with Crippen LogP contribution in [0.5, 0.6) is 0 Å². The van der Waals surface area contributed by atoms with E-state index >= 15 is 0 Å². The monoisotopic (exact) mass is 398 g/mol. The highest BCUT2D eigenvalue weighted by molar-refractivity contribution is 5.80. The van der Waals surface area contributed by atoms with Crippen molar-refractivity contribution in [3.05, 3.63) is 47.5 Å². The van der Waals surface area contributed by atoms with Gasteiger partial charge < -0.3 is 19.9 Å². The Morgan fingerprint density at radius 2 is 2.00 bits per heavy atom. The molecule has 1 heterocycles. The van der Waals surface area contributed by atoms with Crippen molar-refractivity contribution in [2.45, 2.75) is 64.6 Å². The van der Waals surface area contributed by atoms with Crippen LogP contribution in [0.15, 0.2) is 35.3 Å². The lowest BCUT2D eigenvalue weighted by molar-refractivity contribution is 0.0646. The van der Waals surface area contributed by atoms with Gasteiger partial charge in [-0.1, -0.05) is 43.2 Å². The summed E-state index contributed by atoms with van der Waals surface area (Å²) in [5.74, 6) is 2.63. The van der Waals surface area contributed by atoms with Crippen LogP contribution >= 0.6 is 0 Å². The van der Waals surface area contributed by atoms with Crippen molar-refractivity contribution in [3.63, 3.8) is 0 Å². The smallest absolute Gasteiger partial charge is 0.191 e. The molecule has 1 saturated carbocycles. The van der Waals surface area contributed by atoms with Gasteiger partial charge in [0.25, 0.3) is 0 Å². The van der Waals surface area contributed by atoms with Gasteiger partial charge in [0.05, 0.1) is 6.10 Å². The fourth-order valence-corrected chi connectivity index (χ4v) is 3.51. The molecular weight excluding hydrogens is 364 g/mol. The summed E-state index contributed by atoms with van der Waals surface area (Å²) in [6.45, 7) is 6.09. The number of aliphatic imine (C=N–C) groups is 1. The summed E-state index contributed by atoms with van der Waals surface area (Å²) in [6, 6.07) is 10.8. The molecule has 1 aromatic carbocycles. The van der Waals surface area contributed by atoms with E-state index in [9.17, 15) is 0 Å². The van der Waals surface area contributed by atoms with Crippen molar-refractivity contribution < 1.29 is 4.74 Å². The summed E-state index contributed by atoms with van der Waals surface area (Å²) in [5.41, 5.74) is 1.21. The zero-order chi connectivity index (χ0) is 20.5. The first kappa shape index (κ1) is 21.3. The molecular formula is C22H34N6O. The minimum atomic E-state index is 0.111. The number of guanidine groups is 1. The molecule has 0 aliphatic heterocycles. The van der Waals surface area contributed by atoms with Crippen LogP contribution in [0.2, 0.25) is 0 Å². The number of ether oxygens (including phenoxy) is 1. The number of aryl methyl sites for hydroxylation is 1. The Balaban J connectivity index is 1.46. The van der Waals surface area contributed by atoms with Crippen LogP contribution in [-0.2, 0) is 18.3 Å². The van der Waals surface area contributed by atoms with Gasteiger partial charge in [-0.25, -0.2) is 4.99 Å². The number of hydrogen-bond acceptors (Lipinski definition) is 4. The minimum absolute atomic E-state index is 0.111. The van der Waals surface area contributed by atoms with Crippen LogP contribution in [0.4, 0.5) is 0 Å². The van der Waals surface area contributed by atoms with E-state index in [4.69, 9.17) is 9.73 Å². The first-order valence-electron chi connectivity index (χ1n) is 10.7. The second-order valence-electron chi connectivity index (χ2n) is 7.72. The number of nitrogens with one attached hydrogen (secondary N) is 2. The maximum Gasteiger partial charge on any atom is 0.191 e. The average molecular weight is 399 g/mol. The molecule has 158 valence electrons. The Labute approximate surface area is 174 Å². The molecule has 7 heteroatoms. The van der Waals surface area contributed by atoms with Gasteiger partial charge in [0.15, 0.2) is 11.8 Å².